The third-order valence-electron chi connectivity index (χ3n) is 5.91. The van der Waals surface area contributed by atoms with Gasteiger partial charge < -0.3 is 20.3 Å². The molecule has 3 amide bonds. The molecule has 196 valence electrons. The van der Waals surface area contributed by atoms with Crippen molar-refractivity contribution in [3.8, 4) is 22.6 Å². The second-order valence-electron chi connectivity index (χ2n) is 8.69. The van der Waals surface area contributed by atoms with Crippen LogP contribution in [0.15, 0.2) is 78.9 Å². The van der Waals surface area contributed by atoms with Gasteiger partial charge in [0.2, 0.25) is 5.91 Å². The lowest BCUT2D eigenvalue weighted by Gasteiger charge is -2.22. The van der Waals surface area contributed by atoms with E-state index in [1.165, 1.54) is 4.90 Å². The Hall–Kier alpha value is -4.30. The number of rotatable bonds is 9. The minimum Gasteiger partial charge on any atom is -0.497 e. The summed E-state index contributed by atoms with van der Waals surface area (Å²) in [4.78, 5) is 27.8. The van der Waals surface area contributed by atoms with Gasteiger partial charge in [-0.15, -0.1) is 0 Å². The van der Waals surface area contributed by atoms with E-state index >= 15 is 0 Å². The SMILES string of the molecule is CCCN(CC(=O)Nc1c(-c2ccccc2)c(C)nn1-c1ccc(OC)cc1)C(=O)Nc1ccc(Cl)cc1. The Bertz CT molecular complexity index is 1390. The summed E-state index contributed by atoms with van der Waals surface area (Å²) in [5, 5.41) is 11.2. The molecule has 4 aromatic rings. The quantitative estimate of drug-likeness (QED) is 0.262. The number of carbonyl (C=O) groups excluding carboxylic acids is 2. The minimum absolute atomic E-state index is 0.131. The van der Waals surface area contributed by atoms with Gasteiger partial charge in [-0.25, -0.2) is 9.48 Å². The molecule has 0 saturated carbocycles. The largest absolute Gasteiger partial charge is 0.497 e. The Labute approximate surface area is 227 Å². The smallest absolute Gasteiger partial charge is 0.322 e. The molecule has 3 aromatic carbocycles. The molecule has 0 bridgehead atoms. The number of nitrogens with one attached hydrogen (secondary N) is 2. The molecule has 2 N–H and O–H groups in total. The summed E-state index contributed by atoms with van der Waals surface area (Å²) < 4.78 is 6.99. The summed E-state index contributed by atoms with van der Waals surface area (Å²) in [6, 6.07) is 23.6. The molecule has 0 aliphatic heterocycles. The van der Waals surface area contributed by atoms with Crippen LogP contribution in [0, 0.1) is 6.92 Å². The van der Waals surface area contributed by atoms with Crippen LogP contribution in [0.25, 0.3) is 16.8 Å². The Morgan fingerprint density at radius 3 is 2.29 bits per heavy atom. The first-order valence-electron chi connectivity index (χ1n) is 12.3. The van der Waals surface area contributed by atoms with Gasteiger partial charge in [0.25, 0.3) is 0 Å². The number of halogens is 1. The van der Waals surface area contributed by atoms with Crippen molar-refractivity contribution in [2.75, 3.05) is 30.8 Å². The van der Waals surface area contributed by atoms with E-state index in [0.717, 1.165) is 22.5 Å². The molecule has 0 unspecified atom stereocenters. The average molecular weight is 532 g/mol. The minimum atomic E-state index is -0.368. The van der Waals surface area contributed by atoms with E-state index in [1.807, 2.05) is 68.4 Å². The molecule has 0 saturated heterocycles. The summed E-state index contributed by atoms with van der Waals surface area (Å²) in [6.07, 6.45) is 0.694. The molecule has 0 spiro atoms. The van der Waals surface area contributed by atoms with Gasteiger partial charge in [-0.1, -0.05) is 48.9 Å². The van der Waals surface area contributed by atoms with Crippen LogP contribution >= 0.6 is 11.6 Å². The van der Waals surface area contributed by atoms with E-state index in [-0.39, 0.29) is 18.5 Å². The Balaban J connectivity index is 1.62. The molecule has 0 aliphatic rings. The van der Waals surface area contributed by atoms with E-state index in [4.69, 9.17) is 21.4 Å². The fraction of sp³-hybridized carbons (Fsp3) is 0.207. The summed E-state index contributed by atoms with van der Waals surface area (Å²) in [5.74, 6) is 0.906. The highest BCUT2D eigenvalue weighted by atomic mass is 35.5. The van der Waals surface area contributed by atoms with Crippen molar-refractivity contribution < 1.29 is 14.3 Å². The maximum atomic E-state index is 13.4. The number of aromatic nitrogens is 2. The number of urea groups is 1. The number of hydrogen-bond acceptors (Lipinski definition) is 4. The maximum absolute atomic E-state index is 13.4. The first-order chi connectivity index (χ1) is 18.4. The summed E-state index contributed by atoms with van der Waals surface area (Å²) in [6.45, 7) is 4.14. The Kier molecular flexibility index (Phi) is 8.66. The fourth-order valence-electron chi connectivity index (χ4n) is 4.11. The van der Waals surface area contributed by atoms with Crippen LogP contribution < -0.4 is 15.4 Å². The summed E-state index contributed by atoms with van der Waals surface area (Å²) in [5.41, 5.74) is 3.85. The predicted molar refractivity (Wildman–Crippen MR) is 151 cm³/mol. The van der Waals surface area contributed by atoms with Crippen molar-refractivity contribution in [2.45, 2.75) is 20.3 Å². The Morgan fingerprint density at radius 1 is 0.974 bits per heavy atom. The molecule has 0 radical (unpaired) electrons. The van der Waals surface area contributed by atoms with Crippen LogP contribution in [-0.4, -0.2) is 46.8 Å². The monoisotopic (exact) mass is 531 g/mol. The highest BCUT2D eigenvalue weighted by Gasteiger charge is 2.23. The van der Waals surface area contributed by atoms with Gasteiger partial charge in [0.05, 0.1) is 18.5 Å². The van der Waals surface area contributed by atoms with Crippen molar-refractivity contribution >= 4 is 35.0 Å². The summed E-state index contributed by atoms with van der Waals surface area (Å²) in [7, 11) is 1.61. The van der Waals surface area contributed by atoms with Crippen LogP contribution in [0.4, 0.5) is 16.3 Å². The van der Waals surface area contributed by atoms with E-state index in [0.29, 0.717) is 35.2 Å². The maximum Gasteiger partial charge on any atom is 0.322 e. The number of methoxy groups -OCH3 is 1. The third-order valence-corrected chi connectivity index (χ3v) is 6.16. The number of hydrogen-bond donors (Lipinski definition) is 2. The van der Waals surface area contributed by atoms with Gasteiger partial charge in [-0.2, -0.15) is 5.10 Å². The zero-order chi connectivity index (χ0) is 27.1. The molecule has 4 rings (SSSR count). The van der Waals surface area contributed by atoms with E-state index in [1.54, 1.807) is 36.1 Å². The lowest BCUT2D eigenvalue weighted by atomic mass is 10.1. The van der Waals surface area contributed by atoms with E-state index < -0.39 is 0 Å². The van der Waals surface area contributed by atoms with E-state index in [2.05, 4.69) is 10.6 Å². The van der Waals surface area contributed by atoms with Crippen molar-refractivity contribution in [3.63, 3.8) is 0 Å². The lowest BCUT2D eigenvalue weighted by Crippen LogP contribution is -2.41. The molecule has 1 heterocycles. The zero-order valence-electron chi connectivity index (χ0n) is 21.6. The van der Waals surface area contributed by atoms with Crippen molar-refractivity contribution in [3.05, 3.63) is 89.6 Å². The Morgan fingerprint density at radius 2 is 1.66 bits per heavy atom. The van der Waals surface area contributed by atoms with Crippen LogP contribution in [0.3, 0.4) is 0 Å². The molecular weight excluding hydrogens is 502 g/mol. The standard InChI is InChI=1S/C29H30ClN5O3/c1-4-18-34(29(37)31-23-12-10-22(30)11-13-23)19-26(36)32-28-27(21-8-6-5-7-9-21)20(2)33-35(28)24-14-16-25(38-3)17-15-24/h5-17H,4,18-19H2,1-3H3,(H,31,37)(H,32,36). The van der Waals surface area contributed by atoms with Gasteiger partial charge in [-0.3, -0.25) is 4.79 Å². The van der Waals surface area contributed by atoms with Crippen molar-refractivity contribution in [1.82, 2.24) is 14.7 Å². The topological polar surface area (TPSA) is 88.5 Å². The summed E-state index contributed by atoms with van der Waals surface area (Å²) >= 11 is 5.95. The third kappa shape index (κ3) is 6.33. The molecule has 1 aromatic heterocycles. The molecule has 0 atom stereocenters. The molecule has 0 aliphatic carbocycles. The van der Waals surface area contributed by atoms with Crippen LogP contribution in [0.5, 0.6) is 5.75 Å². The molecule has 0 fully saturated rings. The molecule has 9 heteroatoms. The number of amides is 3. The van der Waals surface area contributed by atoms with Gasteiger partial charge in [0, 0.05) is 22.8 Å². The van der Waals surface area contributed by atoms with Gasteiger partial charge in [-0.05, 0) is 67.4 Å². The fourth-order valence-corrected chi connectivity index (χ4v) is 4.23. The van der Waals surface area contributed by atoms with Gasteiger partial charge >= 0.3 is 6.03 Å². The van der Waals surface area contributed by atoms with E-state index in [9.17, 15) is 9.59 Å². The predicted octanol–water partition coefficient (Wildman–Crippen LogP) is 6.39. The number of anilines is 2. The van der Waals surface area contributed by atoms with Gasteiger partial charge in [0.1, 0.15) is 18.1 Å². The zero-order valence-corrected chi connectivity index (χ0v) is 22.3. The normalized spacial score (nSPS) is 10.6. The number of ether oxygens (including phenoxy) is 1. The highest BCUT2D eigenvalue weighted by Crippen LogP contribution is 2.33. The number of carbonyl (C=O) groups is 2. The second-order valence-corrected chi connectivity index (χ2v) is 9.13. The molecule has 8 nitrogen and oxygen atoms in total. The van der Waals surface area contributed by atoms with Crippen LogP contribution in [0.1, 0.15) is 19.0 Å². The highest BCUT2D eigenvalue weighted by molar-refractivity contribution is 6.30. The second kappa shape index (κ2) is 12.3. The number of aryl methyl sites for hydroxylation is 1. The average Bonchev–Trinajstić information content (AvgIpc) is 3.25. The van der Waals surface area contributed by atoms with Crippen LogP contribution in [-0.2, 0) is 4.79 Å². The number of benzene rings is 3. The first kappa shape index (κ1) is 26.8. The van der Waals surface area contributed by atoms with Crippen molar-refractivity contribution in [2.24, 2.45) is 0 Å². The van der Waals surface area contributed by atoms with Gasteiger partial charge in [0.15, 0.2) is 0 Å². The molecule has 38 heavy (non-hydrogen) atoms. The first-order valence-corrected chi connectivity index (χ1v) is 12.7. The lowest BCUT2D eigenvalue weighted by molar-refractivity contribution is -0.116. The van der Waals surface area contributed by atoms with Crippen molar-refractivity contribution in [1.29, 1.82) is 0 Å². The molecular formula is C29H30ClN5O3. The number of nitrogens with zero attached hydrogens (tertiary/aromatic N) is 3. The van der Waals surface area contributed by atoms with Crippen LogP contribution in [0.2, 0.25) is 5.02 Å².